The van der Waals surface area contributed by atoms with Gasteiger partial charge in [-0.2, -0.15) is 0 Å². The number of anilines is 1. The second-order valence-corrected chi connectivity index (χ2v) is 11.7. The number of amides is 1. The molecule has 1 heterocycles. The van der Waals surface area contributed by atoms with Crippen LogP contribution in [0.25, 0.3) is 0 Å². The first-order valence-electron chi connectivity index (χ1n) is 14.5. The Bertz CT molecular complexity index is 1230. The van der Waals surface area contributed by atoms with E-state index in [2.05, 4.69) is 84.2 Å². The number of hydrogen-bond donors (Lipinski definition) is 0. The van der Waals surface area contributed by atoms with Crippen molar-refractivity contribution in [3.05, 3.63) is 101 Å². The highest BCUT2D eigenvalue weighted by atomic mass is 19.1. The SMILES string of the molecule is Cc1ccccc1[C@@H]1CN(Cc2ccc(N(C)C)cc2)C[C@@H]1CN(C(=O)c1ccc(F)cc1)C1CCCCC1. The second-order valence-electron chi connectivity index (χ2n) is 11.7. The van der Waals surface area contributed by atoms with Gasteiger partial charge < -0.3 is 9.80 Å². The van der Waals surface area contributed by atoms with E-state index in [1.54, 1.807) is 12.1 Å². The van der Waals surface area contributed by atoms with Crippen LogP contribution < -0.4 is 4.90 Å². The van der Waals surface area contributed by atoms with Crippen LogP contribution in [-0.2, 0) is 6.54 Å². The van der Waals surface area contributed by atoms with Gasteiger partial charge in [-0.15, -0.1) is 0 Å². The molecule has 0 radical (unpaired) electrons. The Labute approximate surface area is 233 Å². The molecule has 0 aromatic heterocycles. The van der Waals surface area contributed by atoms with Gasteiger partial charge in [0.05, 0.1) is 0 Å². The largest absolute Gasteiger partial charge is 0.378 e. The summed E-state index contributed by atoms with van der Waals surface area (Å²) in [5.74, 6) is 0.432. The quantitative estimate of drug-likeness (QED) is 0.319. The van der Waals surface area contributed by atoms with E-state index < -0.39 is 0 Å². The monoisotopic (exact) mass is 527 g/mol. The summed E-state index contributed by atoms with van der Waals surface area (Å²) in [4.78, 5) is 20.7. The van der Waals surface area contributed by atoms with Crippen molar-refractivity contribution < 1.29 is 9.18 Å². The predicted molar refractivity (Wildman–Crippen MR) is 158 cm³/mol. The van der Waals surface area contributed by atoms with Crippen LogP contribution in [0.4, 0.5) is 10.1 Å². The van der Waals surface area contributed by atoms with Gasteiger partial charge in [0.15, 0.2) is 0 Å². The summed E-state index contributed by atoms with van der Waals surface area (Å²) < 4.78 is 13.7. The molecule has 2 atom stereocenters. The molecule has 3 aromatic carbocycles. The summed E-state index contributed by atoms with van der Waals surface area (Å²) in [5, 5.41) is 0. The maximum Gasteiger partial charge on any atom is 0.254 e. The molecular weight excluding hydrogens is 485 g/mol. The molecule has 0 unspecified atom stereocenters. The Morgan fingerprint density at radius 1 is 0.897 bits per heavy atom. The van der Waals surface area contributed by atoms with Gasteiger partial charge in [0, 0.05) is 63.5 Å². The average molecular weight is 528 g/mol. The molecule has 2 aliphatic rings. The van der Waals surface area contributed by atoms with Gasteiger partial charge in [-0.05, 0) is 78.8 Å². The van der Waals surface area contributed by atoms with E-state index in [0.717, 1.165) is 39.0 Å². The number of aryl methyl sites for hydroxylation is 1. The molecule has 206 valence electrons. The van der Waals surface area contributed by atoms with Gasteiger partial charge in [-0.3, -0.25) is 9.69 Å². The molecule has 1 aliphatic heterocycles. The van der Waals surface area contributed by atoms with Crippen molar-refractivity contribution >= 4 is 11.6 Å². The lowest BCUT2D eigenvalue weighted by Gasteiger charge is -2.37. The Hall–Kier alpha value is -3.18. The third-order valence-corrected chi connectivity index (χ3v) is 8.76. The van der Waals surface area contributed by atoms with Crippen LogP contribution in [0.1, 0.15) is 65.1 Å². The Morgan fingerprint density at radius 2 is 1.59 bits per heavy atom. The van der Waals surface area contributed by atoms with Crippen LogP contribution in [0.3, 0.4) is 0 Å². The molecule has 0 bridgehead atoms. The summed E-state index contributed by atoms with van der Waals surface area (Å²) in [7, 11) is 4.14. The molecule has 0 N–H and O–H groups in total. The fraction of sp³-hybridized carbons (Fsp3) is 0.441. The van der Waals surface area contributed by atoms with Gasteiger partial charge >= 0.3 is 0 Å². The van der Waals surface area contributed by atoms with Crippen LogP contribution in [0.5, 0.6) is 0 Å². The zero-order valence-electron chi connectivity index (χ0n) is 23.7. The van der Waals surface area contributed by atoms with E-state index in [-0.39, 0.29) is 17.8 Å². The molecule has 4 nitrogen and oxygen atoms in total. The smallest absolute Gasteiger partial charge is 0.254 e. The van der Waals surface area contributed by atoms with Gasteiger partial charge in [-0.25, -0.2) is 4.39 Å². The predicted octanol–water partition coefficient (Wildman–Crippen LogP) is 6.89. The molecule has 1 amide bonds. The lowest BCUT2D eigenvalue weighted by atomic mass is 9.85. The molecule has 5 heteroatoms. The molecule has 1 saturated carbocycles. The topological polar surface area (TPSA) is 26.8 Å². The van der Waals surface area contributed by atoms with Gasteiger partial charge in [0.25, 0.3) is 5.91 Å². The van der Waals surface area contributed by atoms with Crippen LogP contribution in [-0.4, -0.2) is 55.5 Å². The lowest BCUT2D eigenvalue weighted by Crippen LogP contribution is -2.45. The summed E-state index contributed by atoms with van der Waals surface area (Å²) >= 11 is 0. The molecule has 5 rings (SSSR count). The highest BCUT2D eigenvalue weighted by Gasteiger charge is 2.38. The third kappa shape index (κ3) is 6.52. The minimum atomic E-state index is -0.305. The fourth-order valence-corrected chi connectivity index (χ4v) is 6.59. The molecular formula is C34H42FN3O. The Kier molecular flexibility index (Phi) is 8.66. The summed E-state index contributed by atoms with van der Waals surface area (Å²) in [6, 6.07) is 23.9. The number of nitrogens with zero attached hydrogens (tertiary/aromatic N) is 3. The zero-order chi connectivity index (χ0) is 27.4. The summed E-state index contributed by atoms with van der Waals surface area (Å²) in [6.45, 7) is 5.78. The first-order valence-corrected chi connectivity index (χ1v) is 14.5. The first-order chi connectivity index (χ1) is 18.9. The Morgan fingerprint density at radius 3 is 2.26 bits per heavy atom. The lowest BCUT2D eigenvalue weighted by molar-refractivity contribution is 0.0588. The highest BCUT2D eigenvalue weighted by Crippen LogP contribution is 2.37. The number of carbonyl (C=O) groups excluding carboxylic acids is 1. The number of benzene rings is 3. The molecule has 0 spiro atoms. The number of likely N-dealkylation sites (tertiary alicyclic amines) is 1. The first kappa shape index (κ1) is 27.4. The molecule has 2 fully saturated rings. The van der Waals surface area contributed by atoms with E-state index in [1.807, 2.05) is 0 Å². The van der Waals surface area contributed by atoms with Crippen LogP contribution >= 0.6 is 0 Å². The van der Waals surface area contributed by atoms with Crippen LogP contribution in [0.2, 0.25) is 0 Å². The average Bonchev–Trinajstić information content (AvgIpc) is 3.34. The van der Waals surface area contributed by atoms with Crippen molar-refractivity contribution in [1.82, 2.24) is 9.80 Å². The van der Waals surface area contributed by atoms with Crippen molar-refractivity contribution in [2.45, 2.75) is 57.5 Å². The van der Waals surface area contributed by atoms with Crippen molar-refractivity contribution in [1.29, 1.82) is 0 Å². The van der Waals surface area contributed by atoms with Crippen LogP contribution in [0, 0.1) is 18.7 Å². The maximum absolute atomic E-state index is 13.9. The fourth-order valence-electron chi connectivity index (χ4n) is 6.59. The van der Waals surface area contributed by atoms with E-state index >= 15 is 0 Å². The summed E-state index contributed by atoms with van der Waals surface area (Å²) in [5.41, 5.74) is 5.82. The van der Waals surface area contributed by atoms with Crippen molar-refractivity contribution in [3.63, 3.8) is 0 Å². The normalized spacial score (nSPS) is 20.2. The van der Waals surface area contributed by atoms with E-state index in [0.29, 0.717) is 17.4 Å². The minimum absolute atomic E-state index is 0.0446. The Balaban J connectivity index is 1.41. The highest BCUT2D eigenvalue weighted by molar-refractivity contribution is 5.94. The molecule has 1 aliphatic carbocycles. The van der Waals surface area contributed by atoms with Crippen molar-refractivity contribution in [3.8, 4) is 0 Å². The zero-order valence-corrected chi connectivity index (χ0v) is 23.7. The molecule has 1 saturated heterocycles. The minimum Gasteiger partial charge on any atom is -0.378 e. The van der Waals surface area contributed by atoms with Gasteiger partial charge in [-0.1, -0.05) is 55.7 Å². The maximum atomic E-state index is 13.9. The number of hydrogen-bond acceptors (Lipinski definition) is 3. The van der Waals surface area contributed by atoms with Gasteiger partial charge in [0.1, 0.15) is 5.82 Å². The second kappa shape index (κ2) is 12.3. The number of rotatable bonds is 8. The van der Waals surface area contributed by atoms with E-state index in [9.17, 15) is 9.18 Å². The summed E-state index contributed by atoms with van der Waals surface area (Å²) in [6.07, 6.45) is 5.68. The number of halogens is 1. The van der Waals surface area contributed by atoms with E-state index in [4.69, 9.17) is 0 Å². The molecule has 3 aromatic rings. The van der Waals surface area contributed by atoms with Gasteiger partial charge in [0.2, 0.25) is 0 Å². The van der Waals surface area contributed by atoms with Crippen molar-refractivity contribution in [2.24, 2.45) is 5.92 Å². The van der Waals surface area contributed by atoms with Crippen LogP contribution in [0.15, 0.2) is 72.8 Å². The third-order valence-electron chi connectivity index (χ3n) is 8.76. The van der Waals surface area contributed by atoms with E-state index in [1.165, 1.54) is 53.8 Å². The van der Waals surface area contributed by atoms with Crippen molar-refractivity contribution in [2.75, 3.05) is 38.6 Å². The molecule has 39 heavy (non-hydrogen) atoms. The standard InChI is InChI=1S/C34H42FN3O/c1-25-9-7-8-12-32(25)33-24-37(21-26-13-19-30(20-14-26)36(2)3)22-28(33)23-38(31-10-5-4-6-11-31)34(39)27-15-17-29(35)18-16-27/h7-9,12-20,28,31,33H,4-6,10-11,21-24H2,1-3H3/t28-,33-/m1/s1. The number of carbonyl (C=O) groups is 1.